The van der Waals surface area contributed by atoms with E-state index < -0.39 is 17.6 Å². The number of benzene rings is 2. The smallest absolute Gasteiger partial charge is 0.411 e. The van der Waals surface area contributed by atoms with Crippen molar-refractivity contribution in [3.05, 3.63) is 84.2 Å². The minimum absolute atomic E-state index is 0.0475. The number of carboxylic acids is 1. The van der Waals surface area contributed by atoms with E-state index in [9.17, 15) is 14.4 Å². The summed E-state index contributed by atoms with van der Waals surface area (Å²) in [5.74, 6) is -1.49. The van der Waals surface area contributed by atoms with Crippen LogP contribution in [0.3, 0.4) is 0 Å². The number of carboxylic acid groups (broad SMARTS) is 1. The van der Waals surface area contributed by atoms with E-state index in [1.165, 1.54) is 23.2 Å². The third kappa shape index (κ3) is 5.08. The topological polar surface area (TPSA) is 123 Å². The highest BCUT2D eigenvalue weighted by Gasteiger charge is 2.31. The van der Waals surface area contributed by atoms with E-state index in [1.807, 2.05) is 24.3 Å². The van der Waals surface area contributed by atoms with Crippen molar-refractivity contribution >= 4 is 23.7 Å². The Morgan fingerprint density at radius 1 is 1.09 bits per heavy atom. The van der Waals surface area contributed by atoms with Gasteiger partial charge in [-0.15, -0.1) is 0 Å². The Kier molecular flexibility index (Phi) is 6.68. The molecule has 1 heterocycles. The Bertz CT molecular complexity index is 1250. The van der Waals surface area contributed by atoms with Crippen LogP contribution in [0.25, 0.3) is 11.1 Å². The molecule has 2 aromatic carbocycles. The Hall–Kier alpha value is -4.40. The summed E-state index contributed by atoms with van der Waals surface area (Å²) in [5.41, 5.74) is 3.86. The van der Waals surface area contributed by atoms with Crippen LogP contribution in [-0.4, -0.2) is 46.0 Å². The van der Waals surface area contributed by atoms with E-state index in [1.54, 1.807) is 13.8 Å². The van der Waals surface area contributed by atoms with Crippen LogP contribution in [0, 0.1) is 0 Å². The zero-order chi connectivity index (χ0) is 25.0. The van der Waals surface area contributed by atoms with Gasteiger partial charge >= 0.3 is 12.1 Å². The molecule has 35 heavy (non-hydrogen) atoms. The highest BCUT2D eigenvalue weighted by molar-refractivity contribution is 5.86. The lowest BCUT2D eigenvalue weighted by Gasteiger charge is -2.23. The summed E-state index contributed by atoms with van der Waals surface area (Å²) in [6.07, 6.45) is 4.64. The van der Waals surface area contributed by atoms with Crippen LogP contribution in [0.2, 0.25) is 0 Å². The second-order valence-corrected chi connectivity index (χ2v) is 8.63. The van der Waals surface area contributed by atoms with Crippen LogP contribution in [0.4, 0.5) is 10.5 Å². The second-order valence-electron chi connectivity index (χ2n) is 8.63. The molecule has 1 aromatic heterocycles. The van der Waals surface area contributed by atoms with Gasteiger partial charge in [-0.3, -0.25) is 14.8 Å². The number of anilines is 1. The monoisotopic (exact) mass is 474 g/mol. The lowest BCUT2D eigenvalue weighted by atomic mass is 9.98. The molecule has 1 aliphatic carbocycles. The predicted octanol–water partition coefficient (Wildman–Crippen LogP) is 3.74. The first-order chi connectivity index (χ1) is 16.8. The van der Waals surface area contributed by atoms with Crippen molar-refractivity contribution in [1.82, 2.24) is 15.1 Å². The molecule has 0 atom stereocenters. The predicted molar refractivity (Wildman–Crippen MR) is 130 cm³/mol. The fourth-order valence-corrected chi connectivity index (χ4v) is 4.08. The first-order valence-corrected chi connectivity index (χ1v) is 11.1. The van der Waals surface area contributed by atoms with Gasteiger partial charge in [0.1, 0.15) is 12.1 Å². The normalized spacial score (nSPS) is 12.7. The van der Waals surface area contributed by atoms with Crippen LogP contribution in [-0.2, 0) is 19.9 Å². The molecule has 2 amide bonds. The van der Waals surface area contributed by atoms with Crippen LogP contribution >= 0.6 is 0 Å². The maximum atomic E-state index is 12.5. The first-order valence-electron chi connectivity index (χ1n) is 11.1. The SMILES string of the molecule is CC(C)(C(=O)NC/C=C/C(=O)O)n1cc(NC(=O)OCC2c3ccccc3-c3ccccc32)cn1. The third-order valence-corrected chi connectivity index (χ3v) is 5.94. The number of aromatic nitrogens is 2. The number of nitrogens with one attached hydrogen (secondary N) is 2. The number of fused-ring (bicyclic) bond motifs is 3. The molecule has 3 N–H and O–H groups in total. The van der Waals surface area contributed by atoms with Gasteiger partial charge in [0, 0.05) is 24.7 Å². The summed E-state index contributed by atoms with van der Waals surface area (Å²) >= 11 is 0. The molecule has 9 nitrogen and oxygen atoms in total. The molecule has 9 heteroatoms. The number of hydrogen-bond donors (Lipinski definition) is 3. The van der Waals surface area contributed by atoms with Gasteiger partial charge < -0.3 is 15.2 Å². The summed E-state index contributed by atoms with van der Waals surface area (Å²) in [4.78, 5) is 35.6. The summed E-state index contributed by atoms with van der Waals surface area (Å²) in [6.45, 7) is 3.58. The zero-order valence-electron chi connectivity index (χ0n) is 19.4. The molecule has 3 aromatic rings. The molecular formula is C26H26N4O5. The number of ether oxygens (including phenoxy) is 1. The standard InChI is InChI=1S/C26H26N4O5/c1-26(2,24(33)27-13-7-12-23(31)32)30-15-17(14-28-30)29-25(34)35-16-22-20-10-5-3-8-18(20)19-9-4-6-11-21(19)22/h3-12,14-15,22H,13,16H2,1-2H3,(H,27,33)(H,29,34)(H,31,32)/b12-7+. The van der Waals surface area contributed by atoms with E-state index in [0.29, 0.717) is 5.69 Å². The Morgan fingerprint density at radius 3 is 2.34 bits per heavy atom. The van der Waals surface area contributed by atoms with Crippen molar-refractivity contribution < 1.29 is 24.2 Å². The minimum atomic E-state index is -1.09. The van der Waals surface area contributed by atoms with Gasteiger partial charge in [-0.05, 0) is 36.1 Å². The number of amides is 2. The Morgan fingerprint density at radius 2 is 1.71 bits per heavy atom. The highest BCUT2D eigenvalue weighted by Crippen LogP contribution is 2.44. The van der Waals surface area contributed by atoms with Crippen LogP contribution in [0.1, 0.15) is 30.9 Å². The zero-order valence-corrected chi connectivity index (χ0v) is 19.4. The molecule has 0 saturated carbocycles. The van der Waals surface area contributed by atoms with Crippen LogP contribution < -0.4 is 10.6 Å². The summed E-state index contributed by atoms with van der Waals surface area (Å²) in [6, 6.07) is 16.2. The van der Waals surface area contributed by atoms with E-state index in [4.69, 9.17) is 9.84 Å². The summed E-state index contributed by atoms with van der Waals surface area (Å²) < 4.78 is 6.97. The third-order valence-electron chi connectivity index (χ3n) is 5.94. The van der Waals surface area contributed by atoms with Crippen LogP contribution in [0.15, 0.2) is 73.1 Å². The molecular weight excluding hydrogens is 448 g/mol. The van der Waals surface area contributed by atoms with Gasteiger partial charge in [0.2, 0.25) is 5.91 Å². The molecule has 0 bridgehead atoms. The van der Waals surface area contributed by atoms with Crippen molar-refractivity contribution in [2.75, 3.05) is 18.5 Å². The average Bonchev–Trinajstić information content (AvgIpc) is 3.43. The van der Waals surface area contributed by atoms with Gasteiger partial charge in [-0.1, -0.05) is 54.6 Å². The van der Waals surface area contributed by atoms with Crippen molar-refractivity contribution in [2.24, 2.45) is 0 Å². The lowest BCUT2D eigenvalue weighted by Crippen LogP contribution is -2.44. The number of nitrogens with zero attached hydrogens (tertiary/aromatic N) is 2. The molecule has 0 spiro atoms. The first kappa shape index (κ1) is 23.7. The lowest BCUT2D eigenvalue weighted by molar-refractivity contribution is -0.131. The second kappa shape index (κ2) is 9.84. The van der Waals surface area contributed by atoms with Gasteiger partial charge in [0.15, 0.2) is 0 Å². The molecule has 0 radical (unpaired) electrons. The molecule has 4 rings (SSSR count). The van der Waals surface area contributed by atoms with Gasteiger partial charge in [-0.2, -0.15) is 5.10 Å². The van der Waals surface area contributed by atoms with Crippen molar-refractivity contribution in [1.29, 1.82) is 0 Å². The molecule has 0 aliphatic heterocycles. The van der Waals surface area contributed by atoms with E-state index in [-0.39, 0.29) is 25.0 Å². The van der Waals surface area contributed by atoms with Crippen molar-refractivity contribution in [3.8, 4) is 11.1 Å². The maximum Gasteiger partial charge on any atom is 0.411 e. The van der Waals surface area contributed by atoms with E-state index in [0.717, 1.165) is 28.3 Å². The van der Waals surface area contributed by atoms with E-state index in [2.05, 4.69) is 40.0 Å². The average molecular weight is 475 g/mol. The van der Waals surface area contributed by atoms with Gasteiger partial charge in [0.05, 0.1) is 11.9 Å². The molecule has 0 saturated heterocycles. The number of aliphatic carboxylic acids is 1. The van der Waals surface area contributed by atoms with Crippen molar-refractivity contribution in [2.45, 2.75) is 25.3 Å². The molecule has 180 valence electrons. The number of hydrogen-bond acceptors (Lipinski definition) is 5. The van der Waals surface area contributed by atoms with Crippen LogP contribution in [0.5, 0.6) is 0 Å². The fraction of sp³-hybridized carbons (Fsp3) is 0.231. The summed E-state index contributed by atoms with van der Waals surface area (Å²) in [7, 11) is 0. The largest absolute Gasteiger partial charge is 0.478 e. The minimum Gasteiger partial charge on any atom is -0.478 e. The summed E-state index contributed by atoms with van der Waals surface area (Å²) in [5, 5.41) is 18.1. The molecule has 0 fully saturated rings. The number of carbonyl (C=O) groups is 3. The van der Waals surface area contributed by atoms with E-state index >= 15 is 0 Å². The fourth-order valence-electron chi connectivity index (χ4n) is 4.08. The van der Waals surface area contributed by atoms with Crippen molar-refractivity contribution in [3.63, 3.8) is 0 Å². The van der Waals surface area contributed by atoms with Gasteiger partial charge in [-0.25, -0.2) is 9.59 Å². The highest BCUT2D eigenvalue weighted by atomic mass is 16.5. The number of carbonyl (C=O) groups excluding carboxylic acids is 2. The molecule has 1 aliphatic rings. The van der Waals surface area contributed by atoms with Gasteiger partial charge in [0.25, 0.3) is 0 Å². The Balaban J connectivity index is 1.36. The number of rotatable bonds is 8. The Labute approximate surface area is 202 Å². The maximum absolute atomic E-state index is 12.5. The molecule has 0 unspecified atom stereocenters. The quantitative estimate of drug-likeness (QED) is 0.428.